The van der Waals surface area contributed by atoms with Gasteiger partial charge in [-0.25, -0.2) is 4.79 Å². The van der Waals surface area contributed by atoms with E-state index in [1.807, 2.05) is 30.3 Å². The summed E-state index contributed by atoms with van der Waals surface area (Å²) in [5.41, 5.74) is 0.834. The first-order chi connectivity index (χ1) is 9.47. The molecule has 0 spiro atoms. The van der Waals surface area contributed by atoms with Crippen LogP contribution in [-0.2, 0) is 25.7 Å². The number of methoxy groups -OCH3 is 1. The van der Waals surface area contributed by atoms with Gasteiger partial charge in [0.15, 0.2) is 12.2 Å². The Labute approximate surface area is 117 Å². The molecule has 0 bridgehead atoms. The van der Waals surface area contributed by atoms with Crippen molar-refractivity contribution >= 4 is 11.9 Å². The molecule has 0 aliphatic heterocycles. The lowest BCUT2D eigenvalue weighted by atomic mass is 10.1. The minimum atomic E-state index is -1.65. The van der Waals surface area contributed by atoms with Gasteiger partial charge in [-0.3, -0.25) is 4.79 Å². The van der Waals surface area contributed by atoms with Gasteiger partial charge >= 0.3 is 5.97 Å². The molecule has 0 aromatic heterocycles. The molecular formula is C14H19NO5. The Morgan fingerprint density at radius 3 is 2.35 bits per heavy atom. The normalized spacial score (nSPS) is 13.4. The fourth-order valence-corrected chi connectivity index (χ4v) is 1.56. The van der Waals surface area contributed by atoms with Gasteiger partial charge in [0.25, 0.3) is 5.91 Å². The zero-order chi connectivity index (χ0) is 15.1. The number of hydrogen-bond donors (Lipinski definition) is 1. The summed E-state index contributed by atoms with van der Waals surface area (Å²) in [4.78, 5) is 24.6. The summed E-state index contributed by atoms with van der Waals surface area (Å²) in [7, 11) is 4.18. The van der Waals surface area contributed by atoms with Gasteiger partial charge in [-0.05, 0) is 5.56 Å². The molecule has 6 heteroatoms. The number of benzene rings is 1. The van der Waals surface area contributed by atoms with E-state index in [4.69, 9.17) is 4.74 Å². The summed E-state index contributed by atoms with van der Waals surface area (Å²) >= 11 is 0. The monoisotopic (exact) mass is 281 g/mol. The standard InChI is InChI=1S/C14H19NO5/c1-15(2)13(17)12(11(16)14(18)19-3)20-9-10-7-5-4-6-8-10/h4-8,11-12,16H,9H2,1-3H3/t11-,12-/m1/s1. The van der Waals surface area contributed by atoms with Crippen molar-refractivity contribution in [2.75, 3.05) is 21.2 Å². The van der Waals surface area contributed by atoms with Crippen LogP contribution in [0.5, 0.6) is 0 Å². The van der Waals surface area contributed by atoms with Crippen LogP contribution in [0.4, 0.5) is 0 Å². The van der Waals surface area contributed by atoms with E-state index >= 15 is 0 Å². The van der Waals surface area contributed by atoms with Crippen molar-refractivity contribution in [3.8, 4) is 0 Å². The molecule has 1 N–H and O–H groups in total. The summed E-state index contributed by atoms with van der Waals surface area (Å²) in [6.07, 6.45) is -2.95. The number of aliphatic hydroxyl groups is 1. The van der Waals surface area contributed by atoms with Crippen molar-refractivity contribution < 1.29 is 24.2 Å². The second-order valence-electron chi connectivity index (χ2n) is 4.42. The summed E-state index contributed by atoms with van der Waals surface area (Å²) in [5, 5.41) is 9.83. The van der Waals surface area contributed by atoms with Crippen LogP contribution in [0.1, 0.15) is 5.56 Å². The van der Waals surface area contributed by atoms with Crippen molar-refractivity contribution in [2.45, 2.75) is 18.8 Å². The van der Waals surface area contributed by atoms with Gasteiger partial charge in [0.1, 0.15) is 0 Å². The highest BCUT2D eigenvalue weighted by Crippen LogP contribution is 2.09. The van der Waals surface area contributed by atoms with Gasteiger partial charge in [0.05, 0.1) is 13.7 Å². The number of amides is 1. The van der Waals surface area contributed by atoms with Crippen LogP contribution in [0.3, 0.4) is 0 Å². The molecule has 0 aliphatic rings. The molecule has 110 valence electrons. The SMILES string of the molecule is COC(=O)[C@H](O)[C@@H](OCc1ccccc1)C(=O)N(C)C. The molecular weight excluding hydrogens is 262 g/mol. The van der Waals surface area contributed by atoms with Gasteiger partial charge in [-0.15, -0.1) is 0 Å². The third kappa shape index (κ3) is 4.32. The minimum Gasteiger partial charge on any atom is -0.467 e. The first-order valence-corrected chi connectivity index (χ1v) is 6.10. The topological polar surface area (TPSA) is 76.1 Å². The number of carbonyl (C=O) groups is 2. The van der Waals surface area contributed by atoms with E-state index in [9.17, 15) is 14.7 Å². The molecule has 1 rings (SSSR count). The number of esters is 1. The lowest BCUT2D eigenvalue weighted by molar-refractivity contribution is -0.169. The predicted molar refractivity (Wildman–Crippen MR) is 71.7 cm³/mol. The van der Waals surface area contributed by atoms with Crippen molar-refractivity contribution in [1.82, 2.24) is 4.90 Å². The van der Waals surface area contributed by atoms with E-state index in [0.29, 0.717) is 0 Å². The summed E-state index contributed by atoms with van der Waals surface area (Å²) < 4.78 is 9.83. The highest BCUT2D eigenvalue weighted by Gasteiger charge is 2.34. The fraction of sp³-hybridized carbons (Fsp3) is 0.429. The summed E-state index contributed by atoms with van der Waals surface area (Å²) in [6, 6.07) is 9.16. The number of rotatable bonds is 6. The van der Waals surface area contributed by atoms with E-state index in [-0.39, 0.29) is 6.61 Å². The van der Waals surface area contributed by atoms with Crippen LogP contribution in [0.15, 0.2) is 30.3 Å². The third-order valence-electron chi connectivity index (χ3n) is 2.69. The van der Waals surface area contributed by atoms with Crippen LogP contribution in [-0.4, -0.2) is 55.3 Å². The Balaban J connectivity index is 2.77. The Morgan fingerprint density at radius 2 is 1.85 bits per heavy atom. The number of hydrogen-bond acceptors (Lipinski definition) is 5. The third-order valence-corrected chi connectivity index (χ3v) is 2.69. The van der Waals surface area contributed by atoms with Crippen LogP contribution in [0.25, 0.3) is 0 Å². The molecule has 20 heavy (non-hydrogen) atoms. The molecule has 2 atom stereocenters. The van der Waals surface area contributed by atoms with Crippen LogP contribution < -0.4 is 0 Å². The first kappa shape index (κ1) is 16.1. The van der Waals surface area contributed by atoms with Crippen LogP contribution in [0.2, 0.25) is 0 Å². The van der Waals surface area contributed by atoms with Gasteiger partial charge in [0, 0.05) is 14.1 Å². The lowest BCUT2D eigenvalue weighted by Crippen LogP contribution is -2.47. The number of carbonyl (C=O) groups excluding carboxylic acids is 2. The Morgan fingerprint density at radius 1 is 1.25 bits per heavy atom. The van der Waals surface area contributed by atoms with E-state index in [0.717, 1.165) is 12.7 Å². The predicted octanol–water partition coefficient (Wildman–Crippen LogP) is 0.194. The van der Waals surface area contributed by atoms with Crippen LogP contribution >= 0.6 is 0 Å². The molecule has 1 aromatic carbocycles. The van der Waals surface area contributed by atoms with E-state index < -0.39 is 24.1 Å². The van der Waals surface area contributed by atoms with E-state index in [2.05, 4.69) is 4.74 Å². The zero-order valence-corrected chi connectivity index (χ0v) is 11.8. The number of likely N-dealkylation sites (N-methyl/N-ethyl adjacent to an activating group) is 1. The Kier molecular flexibility index (Phi) is 6.14. The largest absolute Gasteiger partial charge is 0.467 e. The second kappa shape index (κ2) is 7.62. The second-order valence-corrected chi connectivity index (χ2v) is 4.42. The molecule has 0 unspecified atom stereocenters. The molecule has 0 radical (unpaired) electrons. The van der Waals surface area contributed by atoms with E-state index in [1.54, 1.807) is 0 Å². The number of nitrogens with zero attached hydrogens (tertiary/aromatic N) is 1. The van der Waals surface area contributed by atoms with Gasteiger partial charge in [-0.1, -0.05) is 30.3 Å². The van der Waals surface area contributed by atoms with Crippen molar-refractivity contribution in [1.29, 1.82) is 0 Å². The molecule has 0 fully saturated rings. The molecule has 1 aromatic rings. The highest BCUT2D eigenvalue weighted by atomic mass is 16.6. The minimum absolute atomic E-state index is 0.110. The molecule has 0 aliphatic carbocycles. The summed E-state index contributed by atoms with van der Waals surface area (Å²) in [5.74, 6) is -1.41. The maximum absolute atomic E-state index is 12.0. The quantitative estimate of drug-likeness (QED) is 0.754. The smallest absolute Gasteiger partial charge is 0.338 e. The first-order valence-electron chi connectivity index (χ1n) is 6.10. The highest BCUT2D eigenvalue weighted by molar-refractivity contribution is 5.88. The average Bonchev–Trinajstić information content (AvgIpc) is 2.47. The lowest BCUT2D eigenvalue weighted by Gasteiger charge is -2.23. The van der Waals surface area contributed by atoms with Crippen molar-refractivity contribution in [3.63, 3.8) is 0 Å². The molecule has 6 nitrogen and oxygen atoms in total. The maximum atomic E-state index is 12.0. The Bertz CT molecular complexity index is 446. The van der Waals surface area contributed by atoms with Crippen LogP contribution in [0, 0.1) is 0 Å². The molecule has 0 saturated carbocycles. The number of aliphatic hydroxyl groups excluding tert-OH is 1. The molecule has 0 saturated heterocycles. The summed E-state index contributed by atoms with van der Waals surface area (Å²) in [6.45, 7) is 0.110. The maximum Gasteiger partial charge on any atom is 0.338 e. The van der Waals surface area contributed by atoms with Gasteiger partial charge in [0.2, 0.25) is 0 Å². The Hall–Kier alpha value is -1.92. The van der Waals surface area contributed by atoms with Gasteiger partial charge < -0.3 is 19.5 Å². The average molecular weight is 281 g/mol. The number of ether oxygens (including phenoxy) is 2. The van der Waals surface area contributed by atoms with E-state index in [1.165, 1.54) is 19.0 Å². The van der Waals surface area contributed by atoms with Gasteiger partial charge in [-0.2, -0.15) is 0 Å². The fourth-order valence-electron chi connectivity index (χ4n) is 1.56. The van der Waals surface area contributed by atoms with Crippen molar-refractivity contribution in [2.24, 2.45) is 0 Å². The molecule has 1 amide bonds. The molecule has 0 heterocycles. The zero-order valence-electron chi connectivity index (χ0n) is 11.8. The van der Waals surface area contributed by atoms with Crippen molar-refractivity contribution in [3.05, 3.63) is 35.9 Å².